The highest BCUT2D eigenvalue weighted by atomic mass is 16.6. The standard InChI is InChI=1S/C6H10O3/c1-2-4-3-5(7)9-6(4)8/h4,6,8H,2-3H2,1H3/t4-,6?/m0/s1. The largest absolute Gasteiger partial charge is 0.436 e. The summed E-state index contributed by atoms with van der Waals surface area (Å²) in [5.41, 5.74) is 0. The lowest BCUT2D eigenvalue weighted by atomic mass is 10.1. The van der Waals surface area contributed by atoms with Gasteiger partial charge in [0.25, 0.3) is 0 Å². The first-order valence-corrected chi connectivity index (χ1v) is 3.11. The minimum Gasteiger partial charge on any atom is -0.436 e. The second-order valence-corrected chi connectivity index (χ2v) is 2.25. The van der Waals surface area contributed by atoms with E-state index < -0.39 is 6.29 Å². The summed E-state index contributed by atoms with van der Waals surface area (Å²) >= 11 is 0. The molecule has 1 fully saturated rings. The normalized spacial score (nSPS) is 34.7. The van der Waals surface area contributed by atoms with Gasteiger partial charge in [-0.25, -0.2) is 0 Å². The number of hydrogen-bond acceptors (Lipinski definition) is 3. The maximum Gasteiger partial charge on any atom is 0.308 e. The van der Waals surface area contributed by atoms with Crippen LogP contribution in [0.25, 0.3) is 0 Å². The molecule has 3 heteroatoms. The average Bonchev–Trinajstić information content (AvgIpc) is 2.10. The smallest absolute Gasteiger partial charge is 0.308 e. The predicted molar refractivity (Wildman–Crippen MR) is 30.5 cm³/mol. The summed E-state index contributed by atoms with van der Waals surface area (Å²) in [5.74, 6) is -0.258. The van der Waals surface area contributed by atoms with Gasteiger partial charge in [0.2, 0.25) is 6.29 Å². The second kappa shape index (κ2) is 2.35. The lowest BCUT2D eigenvalue weighted by molar-refractivity contribution is -0.155. The van der Waals surface area contributed by atoms with Crippen LogP contribution in [0.4, 0.5) is 0 Å². The van der Waals surface area contributed by atoms with Crippen LogP contribution in [0.15, 0.2) is 0 Å². The van der Waals surface area contributed by atoms with Crippen LogP contribution in [-0.4, -0.2) is 17.4 Å². The van der Waals surface area contributed by atoms with Crippen molar-refractivity contribution in [3.8, 4) is 0 Å². The Morgan fingerprint density at radius 3 is 2.78 bits per heavy atom. The van der Waals surface area contributed by atoms with Crippen LogP contribution in [0.5, 0.6) is 0 Å². The minimum absolute atomic E-state index is 0.0255. The summed E-state index contributed by atoms with van der Waals surface area (Å²) in [7, 11) is 0. The Morgan fingerprint density at radius 1 is 1.89 bits per heavy atom. The Morgan fingerprint density at radius 2 is 2.56 bits per heavy atom. The summed E-state index contributed by atoms with van der Waals surface area (Å²) < 4.78 is 4.48. The quantitative estimate of drug-likeness (QED) is 0.518. The van der Waals surface area contributed by atoms with E-state index >= 15 is 0 Å². The number of aliphatic hydroxyl groups is 1. The van der Waals surface area contributed by atoms with Gasteiger partial charge in [-0.15, -0.1) is 0 Å². The maximum absolute atomic E-state index is 10.4. The molecule has 0 spiro atoms. The average molecular weight is 130 g/mol. The Bertz CT molecular complexity index is 121. The monoisotopic (exact) mass is 130 g/mol. The van der Waals surface area contributed by atoms with Gasteiger partial charge in [-0.2, -0.15) is 0 Å². The lowest BCUT2D eigenvalue weighted by Gasteiger charge is -2.06. The highest BCUT2D eigenvalue weighted by Gasteiger charge is 2.31. The van der Waals surface area contributed by atoms with Crippen LogP contribution < -0.4 is 0 Å². The molecule has 1 rings (SSSR count). The van der Waals surface area contributed by atoms with Gasteiger partial charge in [-0.3, -0.25) is 4.79 Å². The van der Waals surface area contributed by atoms with Gasteiger partial charge in [0.05, 0.1) is 6.42 Å². The van der Waals surface area contributed by atoms with E-state index in [1.165, 1.54) is 0 Å². The molecule has 0 saturated carbocycles. The summed E-state index contributed by atoms with van der Waals surface area (Å²) in [6.07, 6.45) is 0.326. The summed E-state index contributed by atoms with van der Waals surface area (Å²) in [5, 5.41) is 8.92. The van der Waals surface area contributed by atoms with E-state index in [1.807, 2.05) is 6.92 Å². The van der Waals surface area contributed by atoms with Gasteiger partial charge in [0, 0.05) is 5.92 Å². The highest BCUT2D eigenvalue weighted by molar-refractivity contribution is 5.71. The Balaban J connectivity index is 2.47. The number of carbonyl (C=O) groups excluding carboxylic acids is 1. The first kappa shape index (κ1) is 6.55. The van der Waals surface area contributed by atoms with Crippen molar-refractivity contribution in [1.82, 2.24) is 0 Å². The van der Waals surface area contributed by atoms with Crippen molar-refractivity contribution < 1.29 is 14.6 Å². The molecule has 9 heavy (non-hydrogen) atoms. The van der Waals surface area contributed by atoms with E-state index in [-0.39, 0.29) is 11.9 Å². The molecule has 1 aliphatic rings. The molecular weight excluding hydrogens is 120 g/mol. The highest BCUT2D eigenvalue weighted by Crippen LogP contribution is 2.22. The molecule has 1 N–H and O–H groups in total. The van der Waals surface area contributed by atoms with Crippen LogP contribution in [0.3, 0.4) is 0 Å². The number of ether oxygens (including phenoxy) is 1. The van der Waals surface area contributed by atoms with Crippen LogP contribution in [-0.2, 0) is 9.53 Å². The summed E-state index contributed by atoms with van der Waals surface area (Å²) in [4.78, 5) is 10.4. The van der Waals surface area contributed by atoms with Crippen molar-refractivity contribution in [1.29, 1.82) is 0 Å². The van der Waals surface area contributed by atoms with Crippen LogP contribution in [0, 0.1) is 5.92 Å². The van der Waals surface area contributed by atoms with Crippen molar-refractivity contribution in [2.24, 2.45) is 5.92 Å². The van der Waals surface area contributed by atoms with Crippen molar-refractivity contribution >= 4 is 5.97 Å². The van der Waals surface area contributed by atoms with Gasteiger partial charge >= 0.3 is 5.97 Å². The van der Waals surface area contributed by atoms with Crippen LogP contribution >= 0.6 is 0 Å². The molecule has 2 atom stereocenters. The van der Waals surface area contributed by atoms with Crippen molar-refractivity contribution in [2.75, 3.05) is 0 Å². The third-order valence-corrected chi connectivity index (χ3v) is 1.61. The fourth-order valence-electron chi connectivity index (χ4n) is 0.940. The molecule has 0 aromatic rings. The van der Waals surface area contributed by atoms with Gasteiger partial charge in [0.1, 0.15) is 0 Å². The number of cyclic esters (lactones) is 1. The fraction of sp³-hybridized carbons (Fsp3) is 0.833. The van der Waals surface area contributed by atoms with Crippen molar-refractivity contribution in [3.05, 3.63) is 0 Å². The molecule has 0 amide bonds. The van der Waals surface area contributed by atoms with Crippen molar-refractivity contribution in [2.45, 2.75) is 26.1 Å². The lowest BCUT2D eigenvalue weighted by Crippen LogP contribution is -2.13. The maximum atomic E-state index is 10.4. The van der Waals surface area contributed by atoms with E-state index in [0.29, 0.717) is 6.42 Å². The first-order chi connectivity index (χ1) is 4.24. The summed E-state index contributed by atoms with van der Waals surface area (Å²) in [6, 6.07) is 0. The number of hydrogen-bond donors (Lipinski definition) is 1. The predicted octanol–water partition coefficient (Wildman–Crippen LogP) is 0.278. The number of aliphatic hydroxyl groups excluding tert-OH is 1. The molecule has 52 valence electrons. The number of carbonyl (C=O) groups is 1. The topological polar surface area (TPSA) is 46.5 Å². The molecule has 1 unspecified atom stereocenters. The molecule has 1 aliphatic heterocycles. The van der Waals surface area contributed by atoms with E-state index in [9.17, 15) is 4.79 Å². The van der Waals surface area contributed by atoms with Crippen LogP contribution in [0.1, 0.15) is 19.8 Å². The Labute approximate surface area is 53.6 Å². The van der Waals surface area contributed by atoms with Crippen molar-refractivity contribution in [3.63, 3.8) is 0 Å². The van der Waals surface area contributed by atoms with Gasteiger partial charge in [-0.05, 0) is 6.42 Å². The van der Waals surface area contributed by atoms with E-state index in [0.717, 1.165) is 6.42 Å². The molecule has 0 aliphatic carbocycles. The van der Waals surface area contributed by atoms with E-state index in [2.05, 4.69) is 4.74 Å². The number of esters is 1. The molecular formula is C6H10O3. The summed E-state index contributed by atoms with van der Waals surface area (Å²) in [6.45, 7) is 1.93. The number of rotatable bonds is 1. The molecule has 0 radical (unpaired) electrons. The third kappa shape index (κ3) is 1.21. The second-order valence-electron chi connectivity index (χ2n) is 2.25. The molecule has 1 heterocycles. The Kier molecular flexibility index (Phi) is 1.71. The van der Waals surface area contributed by atoms with E-state index in [4.69, 9.17) is 5.11 Å². The zero-order chi connectivity index (χ0) is 6.85. The van der Waals surface area contributed by atoms with Gasteiger partial charge in [-0.1, -0.05) is 6.92 Å². The molecule has 0 aromatic heterocycles. The zero-order valence-electron chi connectivity index (χ0n) is 5.33. The zero-order valence-corrected chi connectivity index (χ0v) is 5.33. The SMILES string of the molecule is CC[C@H]1CC(=O)OC1O. The van der Waals surface area contributed by atoms with E-state index in [1.54, 1.807) is 0 Å². The van der Waals surface area contributed by atoms with Gasteiger partial charge in [0.15, 0.2) is 0 Å². The minimum atomic E-state index is -0.845. The van der Waals surface area contributed by atoms with Crippen LogP contribution in [0.2, 0.25) is 0 Å². The molecule has 1 saturated heterocycles. The Hall–Kier alpha value is -0.570. The van der Waals surface area contributed by atoms with Gasteiger partial charge < -0.3 is 9.84 Å². The fourth-order valence-corrected chi connectivity index (χ4v) is 0.940. The molecule has 3 nitrogen and oxygen atoms in total. The third-order valence-electron chi connectivity index (χ3n) is 1.61. The molecule has 0 bridgehead atoms. The first-order valence-electron chi connectivity index (χ1n) is 3.11. The molecule has 0 aromatic carbocycles.